The predicted molar refractivity (Wildman–Crippen MR) is 120 cm³/mol. The zero-order valence-electron chi connectivity index (χ0n) is 17.5. The van der Waals surface area contributed by atoms with E-state index in [1.54, 1.807) is 11.1 Å². The van der Waals surface area contributed by atoms with Crippen LogP contribution in [-0.4, -0.2) is 0 Å². The summed E-state index contributed by atoms with van der Waals surface area (Å²) in [5, 5.41) is 0. The van der Waals surface area contributed by atoms with Crippen LogP contribution in [0.1, 0.15) is 75.6 Å². The molecule has 0 heterocycles. The fourth-order valence-corrected chi connectivity index (χ4v) is 4.24. The molecule has 0 bridgehead atoms. The maximum atomic E-state index is 2.36. The van der Waals surface area contributed by atoms with Gasteiger partial charge in [0, 0.05) is 5.92 Å². The van der Waals surface area contributed by atoms with Gasteiger partial charge >= 0.3 is 0 Å². The molecule has 5 rings (SSSR count). The van der Waals surface area contributed by atoms with Crippen LogP contribution >= 0.6 is 0 Å². The molecule has 0 heteroatoms. The fraction of sp³-hybridized carbons (Fsp3) is 0.333. The largest absolute Gasteiger partial charge is 0.0656 e. The third-order valence-electron chi connectivity index (χ3n) is 5.18. The van der Waals surface area contributed by atoms with Crippen molar-refractivity contribution in [2.24, 2.45) is 0 Å². The first-order valence-electron chi connectivity index (χ1n) is 10.5. The average Bonchev–Trinajstić information content (AvgIpc) is 3.19. The molecular formula is C27H32. The molecule has 3 aromatic carbocycles. The van der Waals surface area contributed by atoms with Gasteiger partial charge < -0.3 is 0 Å². The lowest BCUT2D eigenvalue weighted by Crippen LogP contribution is -1.96. The molecule has 1 unspecified atom stereocenters. The van der Waals surface area contributed by atoms with Gasteiger partial charge in [0.05, 0.1) is 0 Å². The van der Waals surface area contributed by atoms with Crippen LogP contribution in [0, 0.1) is 0 Å². The van der Waals surface area contributed by atoms with Gasteiger partial charge in [-0.15, -0.1) is 0 Å². The van der Waals surface area contributed by atoms with Crippen LogP contribution in [0.15, 0.2) is 60.7 Å². The molecular weight excluding hydrogens is 324 g/mol. The summed E-state index contributed by atoms with van der Waals surface area (Å²) in [6.07, 6.45) is 3.59. The van der Waals surface area contributed by atoms with E-state index in [9.17, 15) is 0 Å². The number of benzene rings is 3. The summed E-state index contributed by atoms with van der Waals surface area (Å²) in [5.74, 6) is 0.514. The Hall–Kier alpha value is -2.34. The summed E-state index contributed by atoms with van der Waals surface area (Å²) in [6, 6.07) is 22.4. The highest BCUT2D eigenvalue weighted by Crippen LogP contribution is 2.50. The Morgan fingerprint density at radius 3 is 1.93 bits per heavy atom. The van der Waals surface area contributed by atoms with E-state index in [4.69, 9.17) is 0 Å². The second kappa shape index (κ2) is 8.57. The highest BCUT2D eigenvalue weighted by molar-refractivity contribution is 5.87. The van der Waals surface area contributed by atoms with Crippen molar-refractivity contribution in [1.82, 2.24) is 0 Å². The van der Waals surface area contributed by atoms with E-state index in [2.05, 4.69) is 95.3 Å². The number of rotatable bonds is 0. The molecule has 3 aromatic rings. The van der Waals surface area contributed by atoms with E-state index in [1.165, 1.54) is 46.2 Å². The van der Waals surface area contributed by atoms with Crippen molar-refractivity contribution >= 4 is 0 Å². The Labute approximate surface area is 165 Å². The molecule has 1 atom stereocenters. The topological polar surface area (TPSA) is 0 Å². The molecule has 0 spiro atoms. The maximum absolute atomic E-state index is 2.36. The third kappa shape index (κ3) is 3.46. The molecule has 2 aliphatic rings. The minimum Gasteiger partial charge on any atom is -0.0656 e. The second-order valence-corrected chi connectivity index (χ2v) is 7.61. The van der Waals surface area contributed by atoms with Crippen LogP contribution in [0.5, 0.6) is 0 Å². The van der Waals surface area contributed by atoms with Crippen molar-refractivity contribution in [2.45, 2.75) is 59.8 Å². The molecule has 0 saturated heterocycles. The van der Waals surface area contributed by atoms with E-state index in [1.807, 2.05) is 0 Å². The van der Waals surface area contributed by atoms with E-state index in [-0.39, 0.29) is 0 Å². The number of hydrogen-bond donors (Lipinski definition) is 0. The van der Waals surface area contributed by atoms with Gasteiger partial charge in [-0.3, -0.25) is 0 Å². The molecule has 0 nitrogen and oxygen atoms in total. The molecule has 27 heavy (non-hydrogen) atoms. The lowest BCUT2D eigenvalue weighted by atomic mass is 9.91. The minimum atomic E-state index is 0.514. The Kier molecular flexibility index (Phi) is 6.16. The second-order valence-electron chi connectivity index (χ2n) is 7.61. The molecule has 0 fully saturated rings. The molecule has 0 aromatic heterocycles. The molecule has 0 amide bonds. The van der Waals surface area contributed by atoms with Crippen molar-refractivity contribution in [1.29, 1.82) is 0 Å². The Balaban J connectivity index is 0.000000314. The van der Waals surface area contributed by atoms with Crippen molar-refractivity contribution < 1.29 is 0 Å². The van der Waals surface area contributed by atoms with E-state index < -0.39 is 0 Å². The summed E-state index contributed by atoms with van der Waals surface area (Å²) < 4.78 is 0. The number of fused-ring (bicyclic) bond motifs is 7. The van der Waals surface area contributed by atoms with Crippen LogP contribution in [0.4, 0.5) is 0 Å². The Bertz CT molecular complexity index is 915. The van der Waals surface area contributed by atoms with Gasteiger partial charge in [0.25, 0.3) is 0 Å². The fourth-order valence-electron chi connectivity index (χ4n) is 4.24. The van der Waals surface area contributed by atoms with Crippen molar-refractivity contribution in [3.63, 3.8) is 0 Å². The molecule has 140 valence electrons. The van der Waals surface area contributed by atoms with Crippen LogP contribution < -0.4 is 0 Å². The lowest BCUT2D eigenvalue weighted by molar-refractivity contribution is 0.937. The van der Waals surface area contributed by atoms with Crippen LogP contribution in [-0.2, 0) is 6.42 Å². The first-order chi connectivity index (χ1) is 13.2. The molecule has 2 aliphatic carbocycles. The predicted octanol–water partition coefficient (Wildman–Crippen LogP) is 8.22. The Morgan fingerprint density at radius 1 is 0.667 bits per heavy atom. The van der Waals surface area contributed by atoms with Crippen molar-refractivity contribution in [3.05, 3.63) is 82.9 Å². The summed E-state index contributed by atoms with van der Waals surface area (Å²) in [6.45, 7) is 10.9. The summed E-state index contributed by atoms with van der Waals surface area (Å²) >= 11 is 0. The van der Waals surface area contributed by atoms with Crippen LogP contribution in [0.3, 0.4) is 0 Å². The summed E-state index contributed by atoms with van der Waals surface area (Å²) in [4.78, 5) is 0. The van der Waals surface area contributed by atoms with Gasteiger partial charge in [0.1, 0.15) is 0 Å². The summed E-state index contributed by atoms with van der Waals surface area (Å²) in [7, 11) is 0. The Morgan fingerprint density at radius 2 is 1.22 bits per heavy atom. The highest BCUT2D eigenvalue weighted by Gasteiger charge is 2.31. The zero-order chi connectivity index (χ0) is 19.4. The molecule has 0 radical (unpaired) electrons. The number of hydrogen-bond acceptors (Lipinski definition) is 0. The van der Waals surface area contributed by atoms with Gasteiger partial charge in [-0.2, -0.15) is 0 Å². The lowest BCUT2D eigenvalue weighted by Gasteiger charge is -2.12. The molecule has 0 saturated carbocycles. The zero-order valence-corrected chi connectivity index (χ0v) is 17.5. The van der Waals surface area contributed by atoms with Crippen molar-refractivity contribution in [2.75, 3.05) is 0 Å². The normalized spacial score (nSPS) is 14.6. The maximum Gasteiger partial charge on any atom is 0.00763 e. The minimum absolute atomic E-state index is 0.514. The van der Waals surface area contributed by atoms with Crippen LogP contribution in [0.2, 0.25) is 0 Å². The smallest absolute Gasteiger partial charge is 0.00763 e. The van der Waals surface area contributed by atoms with Gasteiger partial charge in [0.15, 0.2) is 0 Å². The highest BCUT2D eigenvalue weighted by atomic mass is 14.3. The molecule has 0 N–H and O–H groups in total. The SMILES string of the molecule is CC1c2ccccc2-c2ccc3c(c21)Cc1ccccc1-3.CCC.CCC. The summed E-state index contributed by atoms with van der Waals surface area (Å²) in [5.41, 5.74) is 11.8. The van der Waals surface area contributed by atoms with Gasteiger partial charge in [0.2, 0.25) is 0 Å². The quantitative estimate of drug-likeness (QED) is 0.298. The third-order valence-corrected chi connectivity index (χ3v) is 5.18. The van der Waals surface area contributed by atoms with Crippen molar-refractivity contribution in [3.8, 4) is 22.3 Å². The van der Waals surface area contributed by atoms with E-state index in [0.29, 0.717) is 5.92 Å². The molecule has 0 aliphatic heterocycles. The van der Waals surface area contributed by atoms with Gasteiger partial charge in [-0.1, -0.05) is 108 Å². The van der Waals surface area contributed by atoms with Gasteiger partial charge in [-0.05, 0) is 50.9 Å². The standard InChI is InChI=1S/C21H16.2C3H8/c1-13-15-7-4-5-9-17(15)19-11-10-18-16-8-3-2-6-14(16)12-20(18)21(13)19;2*1-3-2/h2-11,13H,12H2,1H3;2*3H2,1-2H3. The van der Waals surface area contributed by atoms with Crippen LogP contribution in [0.25, 0.3) is 22.3 Å². The first kappa shape index (κ1) is 19.4. The van der Waals surface area contributed by atoms with E-state index >= 15 is 0 Å². The average molecular weight is 357 g/mol. The van der Waals surface area contributed by atoms with E-state index in [0.717, 1.165) is 6.42 Å². The monoisotopic (exact) mass is 356 g/mol. The van der Waals surface area contributed by atoms with Gasteiger partial charge in [-0.25, -0.2) is 0 Å². The first-order valence-corrected chi connectivity index (χ1v) is 10.5.